The lowest BCUT2D eigenvalue weighted by Gasteiger charge is -2.37. The van der Waals surface area contributed by atoms with Gasteiger partial charge in [-0.1, -0.05) is 0 Å². The highest BCUT2D eigenvalue weighted by Gasteiger charge is 2.28. The Labute approximate surface area is 187 Å². The third kappa shape index (κ3) is 5.30. The van der Waals surface area contributed by atoms with E-state index in [1.165, 1.54) is 6.92 Å². The molecule has 1 aromatic heterocycles. The fraction of sp³-hybridized carbons (Fsp3) is 0.524. The van der Waals surface area contributed by atoms with Gasteiger partial charge in [0.05, 0.1) is 0 Å². The van der Waals surface area contributed by atoms with Crippen molar-refractivity contribution in [2.24, 2.45) is 22.9 Å². The largest absolute Gasteiger partial charge is 0.338 e. The molecule has 32 heavy (non-hydrogen) atoms. The molecule has 0 bridgehead atoms. The maximum absolute atomic E-state index is 11.6. The molecule has 3 heterocycles. The second kappa shape index (κ2) is 9.33. The van der Waals surface area contributed by atoms with Crippen LogP contribution < -0.4 is 38.1 Å². The number of nitrogens with one attached hydrogen (secondary N) is 1. The van der Waals surface area contributed by atoms with Gasteiger partial charge in [0.15, 0.2) is 5.78 Å². The number of Topliss-reactive ketones (excluding diaryl/α,β-unsaturated/α-hetero) is 1. The predicted molar refractivity (Wildman–Crippen MR) is 125 cm³/mol. The number of nitrogens with two attached hydrogens (primary N) is 4. The number of piperidine rings is 2. The first-order chi connectivity index (χ1) is 15.3. The monoisotopic (exact) mass is 440 g/mol. The molecule has 0 unspecified atom stereocenters. The number of anilines is 4. The molecule has 0 spiro atoms. The van der Waals surface area contributed by atoms with E-state index in [0.717, 1.165) is 18.5 Å². The summed E-state index contributed by atoms with van der Waals surface area (Å²) in [5.41, 5.74) is 26.2. The van der Waals surface area contributed by atoms with Crippen molar-refractivity contribution >= 4 is 29.3 Å². The molecule has 0 saturated carbocycles. The molecule has 1 aromatic carbocycles. The zero-order valence-electron chi connectivity index (χ0n) is 18.3. The first-order valence-electron chi connectivity index (χ1n) is 10.9. The van der Waals surface area contributed by atoms with Crippen molar-refractivity contribution < 1.29 is 4.79 Å². The molecule has 2 aliphatic rings. The van der Waals surface area contributed by atoms with Crippen molar-refractivity contribution in [3.63, 3.8) is 0 Å². The third-order valence-corrected chi connectivity index (χ3v) is 5.76. The van der Waals surface area contributed by atoms with Crippen molar-refractivity contribution in [2.75, 3.05) is 41.3 Å². The standard InChI is InChI=1S/C21H32N10O/c1-12(32)13-2-4-18(5-3-13)26-19-27-20(30-8-14(22)6-15(23)9-30)29-21(28-19)31-10-16(24)7-17(25)11-31/h2-5,14-17H,6-11,22-25H2,1H3,(H,26,27,28,29)/t14-,15+,16-,17+. The number of rotatable bonds is 5. The predicted octanol–water partition coefficient (Wildman–Crippen LogP) is -0.453. The molecule has 0 aliphatic carbocycles. The average molecular weight is 441 g/mol. The summed E-state index contributed by atoms with van der Waals surface area (Å²) in [6.07, 6.45) is 1.52. The van der Waals surface area contributed by atoms with Crippen LogP contribution in [0.25, 0.3) is 0 Å². The van der Waals surface area contributed by atoms with Crippen molar-refractivity contribution in [2.45, 2.75) is 43.9 Å². The van der Waals surface area contributed by atoms with E-state index in [0.29, 0.717) is 49.6 Å². The van der Waals surface area contributed by atoms with Crippen LogP contribution in [-0.2, 0) is 0 Å². The van der Waals surface area contributed by atoms with E-state index in [-0.39, 0.29) is 30.0 Å². The lowest BCUT2D eigenvalue weighted by molar-refractivity contribution is 0.101. The van der Waals surface area contributed by atoms with Gasteiger partial charge in [-0.25, -0.2) is 0 Å². The Bertz CT molecular complexity index is 888. The summed E-state index contributed by atoms with van der Waals surface area (Å²) >= 11 is 0. The summed E-state index contributed by atoms with van der Waals surface area (Å²) < 4.78 is 0. The molecule has 0 radical (unpaired) electrons. The van der Waals surface area contributed by atoms with Gasteiger partial charge < -0.3 is 38.1 Å². The molecular weight excluding hydrogens is 408 g/mol. The van der Waals surface area contributed by atoms with Crippen LogP contribution in [-0.4, -0.2) is 71.1 Å². The summed E-state index contributed by atoms with van der Waals surface area (Å²) in [4.78, 5) is 29.5. The summed E-state index contributed by atoms with van der Waals surface area (Å²) in [5.74, 6) is 1.42. The summed E-state index contributed by atoms with van der Waals surface area (Å²) in [6.45, 7) is 3.99. The Hall–Kier alpha value is -2.86. The van der Waals surface area contributed by atoms with E-state index in [1.807, 2.05) is 21.9 Å². The van der Waals surface area contributed by atoms with Gasteiger partial charge in [0.25, 0.3) is 0 Å². The molecule has 9 N–H and O–H groups in total. The number of carbonyl (C=O) groups excluding carboxylic acids is 1. The van der Waals surface area contributed by atoms with Crippen LogP contribution in [0.5, 0.6) is 0 Å². The molecule has 172 valence electrons. The number of carbonyl (C=O) groups is 1. The molecule has 2 saturated heterocycles. The summed E-state index contributed by atoms with van der Waals surface area (Å²) in [5, 5.41) is 3.22. The maximum Gasteiger partial charge on any atom is 0.233 e. The van der Waals surface area contributed by atoms with E-state index in [4.69, 9.17) is 27.9 Å². The summed E-state index contributed by atoms with van der Waals surface area (Å²) in [6, 6.07) is 6.96. The van der Waals surface area contributed by atoms with Gasteiger partial charge in [-0.05, 0) is 44.0 Å². The van der Waals surface area contributed by atoms with Crippen molar-refractivity contribution in [3.05, 3.63) is 29.8 Å². The molecule has 4 atom stereocenters. The lowest BCUT2D eigenvalue weighted by Crippen LogP contribution is -2.54. The Balaban J connectivity index is 1.65. The average Bonchev–Trinajstić information content (AvgIpc) is 2.72. The van der Waals surface area contributed by atoms with E-state index >= 15 is 0 Å². The van der Waals surface area contributed by atoms with Crippen molar-refractivity contribution in [3.8, 4) is 0 Å². The lowest BCUT2D eigenvalue weighted by atomic mass is 10.0. The van der Waals surface area contributed by atoms with E-state index < -0.39 is 0 Å². The van der Waals surface area contributed by atoms with Gasteiger partial charge >= 0.3 is 0 Å². The summed E-state index contributed by atoms with van der Waals surface area (Å²) in [7, 11) is 0. The number of ketones is 1. The zero-order chi connectivity index (χ0) is 22.8. The maximum atomic E-state index is 11.6. The highest BCUT2D eigenvalue weighted by molar-refractivity contribution is 5.94. The quantitative estimate of drug-likeness (QED) is 0.380. The molecule has 2 aromatic rings. The Morgan fingerprint density at radius 3 is 1.66 bits per heavy atom. The van der Waals surface area contributed by atoms with Gasteiger partial charge in [-0.3, -0.25) is 4.79 Å². The second-order valence-corrected chi connectivity index (χ2v) is 8.84. The SMILES string of the molecule is CC(=O)c1ccc(Nc2nc(N3C[C@H](N)C[C@H](N)C3)nc(N3C[C@H](N)C[C@H](N)C3)n2)cc1. The number of hydrogen-bond donors (Lipinski definition) is 5. The minimum Gasteiger partial charge on any atom is -0.338 e. The normalized spacial score (nSPS) is 26.2. The van der Waals surface area contributed by atoms with Crippen LogP contribution in [0.1, 0.15) is 30.1 Å². The van der Waals surface area contributed by atoms with Crippen molar-refractivity contribution in [1.82, 2.24) is 15.0 Å². The minimum absolute atomic E-state index is 0.0110. The smallest absolute Gasteiger partial charge is 0.233 e. The van der Waals surface area contributed by atoms with Gasteiger partial charge in [-0.2, -0.15) is 15.0 Å². The minimum atomic E-state index is -0.0497. The van der Waals surface area contributed by atoms with Crippen molar-refractivity contribution in [1.29, 1.82) is 0 Å². The molecule has 11 heteroatoms. The van der Waals surface area contributed by atoms with Crippen LogP contribution in [0.3, 0.4) is 0 Å². The second-order valence-electron chi connectivity index (χ2n) is 8.84. The topological polar surface area (TPSA) is 178 Å². The zero-order valence-corrected chi connectivity index (χ0v) is 18.3. The fourth-order valence-electron chi connectivity index (χ4n) is 4.29. The molecule has 2 fully saturated rings. The molecule has 0 amide bonds. The Kier molecular flexibility index (Phi) is 6.51. The van der Waals surface area contributed by atoms with Crippen LogP contribution >= 0.6 is 0 Å². The van der Waals surface area contributed by atoms with E-state index in [2.05, 4.69) is 15.3 Å². The molecule has 4 rings (SSSR count). The Morgan fingerprint density at radius 2 is 1.25 bits per heavy atom. The highest BCUT2D eigenvalue weighted by Crippen LogP contribution is 2.24. The number of hydrogen-bond acceptors (Lipinski definition) is 11. The van der Waals surface area contributed by atoms with Gasteiger partial charge in [0, 0.05) is 61.6 Å². The number of benzene rings is 1. The fourth-order valence-corrected chi connectivity index (χ4v) is 4.29. The van der Waals surface area contributed by atoms with Crippen LogP contribution in [0.2, 0.25) is 0 Å². The first kappa shape index (κ1) is 22.3. The number of nitrogens with zero attached hydrogens (tertiary/aromatic N) is 5. The van der Waals surface area contributed by atoms with Crippen LogP contribution in [0, 0.1) is 0 Å². The first-order valence-corrected chi connectivity index (χ1v) is 10.9. The Morgan fingerprint density at radius 1 is 0.812 bits per heavy atom. The molecule has 11 nitrogen and oxygen atoms in total. The molecule has 2 aliphatic heterocycles. The van der Waals surface area contributed by atoms with Crippen LogP contribution in [0.15, 0.2) is 24.3 Å². The van der Waals surface area contributed by atoms with Gasteiger partial charge in [-0.15, -0.1) is 0 Å². The van der Waals surface area contributed by atoms with Gasteiger partial charge in [0.1, 0.15) is 0 Å². The third-order valence-electron chi connectivity index (χ3n) is 5.76. The molecular formula is C21H32N10O. The van der Waals surface area contributed by atoms with Gasteiger partial charge in [0.2, 0.25) is 17.8 Å². The highest BCUT2D eigenvalue weighted by atomic mass is 16.1. The van der Waals surface area contributed by atoms with Crippen LogP contribution in [0.4, 0.5) is 23.5 Å². The number of aromatic nitrogens is 3. The van der Waals surface area contributed by atoms with E-state index in [9.17, 15) is 4.79 Å². The van der Waals surface area contributed by atoms with E-state index in [1.54, 1.807) is 12.1 Å².